The van der Waals surface area contributed by atoms with Gasteiger partial charge in [0.05, 0.1) is 18.8 Å². The van der Waals surface area contributed by atoms with E-state index in [1.807, 2.05) is 4.90 Å². The van der Waals surface area contributed by atoms with Crippen molar-refractivity contribution in [3.05, 3.63) is 34.6 Å². The topological polar surface area (TPSA) is 53.1 Å². The maximum absolute atomic E-state index is 14.0. The Balaban J connectivity index is 1.25. The molecule has 3 heterocycles. The maximum atomic E-state index is 14.0. The summed E-state index contributed by atoms with van der Waals surface area (Å²) in [5.41, 5.74) is 0.0448. The molecule has 0 aliphatic carbocycles. The summed E-state index contributed by atoms with van der Waals surface area (Å²) in [6.45, 7) is 5.76. The van der Waals surface area contributed by atoms with E-state index in [-0.39, 0.29) is 23.3 Å². The molecular weight excluding hydrogens is 409 g/mol. The molecule has 0 saturated carbocycles. The second kappa shape index (κ2) is 9.62. The van der Waals surface area contributed by atoms with Gasteiger partial charge in [-0.15, -0.1) is 0 Å². The lowest BCUT2D eigenvalue weighted by atomic mass is 9.92. The zero-order chi connectivity index (χ0) is 21.1. The monoisotopic (exact) mass is 437 g/mol. The number of piperidine rings is 2. The van der Waals surface area contributed by atoms with E-state index in [2.05, 4.69) is 4.90 Å². The number of morpholine rings is 1. The van der Waals surface area contributed by atoms with Gasteiger partial charge in [0, 0.05) is 43.2 Å². The molecule has 0 bridgehead atoms. The van der Waals surface area contributed by atoms with Crippen LogP contribution in [-0.2, 0) is 9.53 Å². The average Bonchev–Trinajstić information content (AvgIpc) is 2.80. The van der Waals surface area contributed by atoms with Gasteiger partial charge in [0.15, 0.2) is 0 Å². The minimum absolute atomic E-state index is 0.0448. The van der Waals surface area contributed by atoms with Crippen molar-refractivity contribution in [2.45, 2.75) is 31.7 Å². The molecule has 0 spiro atoms. The zero-order valence-electron chi connectivity index (χ0n) is 17.2. The van der Waals surface area contributed by atoms with Gasteiger partial charge >= 0.3 is 0 Å². The Morgan fingerprint density at radius 3 is 2.27 bits per heavy atom. The van der Waals surface area contributed by atoms with E-state index in [0.29, 0.717) is 50.5 Å². The molecule has 4 rings (SSSR count). The summed E-state index contributed by atoms with van der Waals surface area (Å²) in [5, 5.41) is 0.365. The number of ether oxygens (including phenoxy) is 1. The van der Waals surface area contributed by atoms with Crippen LogP contribution in [0.25, 0.3) is 0 Å². The predicted octanol–water partition coefficient (Wildman–Crippen LogP) is 2.65. The molecule has 1 aromatic rings. The Morgan fingerprint density at radius 2 is 1.60 bits per heavy atom. The van der Waals surface area contributed by atoms with Crippen molar-refractivity contribution in [3.63, 3.8) is 0 Å². The Hall–Kier alpha value is -1.70. The van der Waals surface area contributed by atoms with Crippen LogP contribution in [0.3, 0.4) is 0 Å². The molecule has 164 valence electrons. The fourth-order valence-corrected chi connectivity index (χ4v) is 4.99. The number of benzene rings is 1. The number of carbonyl (C=O) groups excluding carboxylic acids is 2. The SMILES string of the molecule is O=C(c1cc(Cl)ccc1F)N1CCC(N2CCC(C(=O)N3CCOCC3)CC2)CC1. The number of likely N-dealkylation sites (tertiary alicyclic amines) is 2. The smallest absolute Gasteiger partial charge is 0.256 e. The third-order valence-corrected chi connectivity index (χ3v) is 6.86. The molecule has 2 amide bonds. The lowest BCUT2D eigenvalue weighted by Crippen LogP contribution is -2.51. The Kier molecular flexibility index (Phi) is 6.91. The van der Waals surface area contributed by atoms with Crippen LogP contribution in [0.1, 0.15) is 36.0 Å². The van der Waals surface area contributed by atoms with Gasteiger partial charge < -0.3 is 19.4 Å². The number of rotatable bonds is 3. The largest absolute Gasteiger partial charge is 0.378 e. The molecule has 30 heavy (non-hydrogen) atoms. The van der Waals surface area contributed by atoms with Crippen molar-refractivity contribution in [1.29, 1.82) is 0 Å². The standard InChI is InChI=1S/C22H29ClFN3O3/c23-17-1-2-20(24)19(15-17)22(29)26-9-5-18(6-10-26)25-7-3-16(4-8-25)21(28)27-11-13-30-14-12-27/h1-2,15-16,18H,3-14H2. The van der Waals surface area contributed by atoms with E-state index in [4.69, 9.17) is 16.3 Å². The van der Waals surface area contributed by atoms with Gasteiger partial charge in [-0.2, -0.15) is 0 Å². The molecule has 3 aliphatic heterocycles. The summed E-state index contributed by atoms with van der Waals surface area (Å²) in [5.74, 6) is -0.421. The second-order valence-corrected chi connectivity index (χ2v) is 8.83. The van der Waals surface area contributed by atoms with Gasteiger partial charge in [-0.25, -0.2) is 4.39 Å². The number of hydrogen-bond acceptors (Lipinski definition) is 4. The fourth-order valence-electron chi connectivity index (χ4n) is 4.82. The summed E-state index contributed by atoms with van der Waals surface area (Å²) in [6.07, 6.45) is 3.53. The highest BCUT2D eigenvalue weighted by Gasteiger charge is 2.34. The highest BCUT2D eigenvalue weighted by Crippen LogP contribution is 2.26. The molecule has 8 heteroatoms. The molecule has 1 aromatic carbocycles. The van der Waals surface area contributed by atoms with Crippen molar-refractivity contribution in [2.75, 3.05) is 52.5 Å². The van der Waals surface area contributed by atoms with Crippen molar-refractivity contribution >= 4 is 23.4 Å². The summed E-state index contributed by atoms with van der Waals surface area (Å²) >= 11 is 5.93. The van der Waals surface area contributed by atoms with E-state index in [9.17, 15) is 14.0 Å². The molecule has 3 fully saturated rings. The van der Waals surface area contributed by atoms with Gasteiger partial charge in [0.2, 0.25) is 5.91 Å². The van der Waals surface area contributed by atoms with Crippen LogP contribution < -0.4 is 0 Å². The van der Waals surface area contributed by atoms with E-state index in [1.54, 1.807) is 4.90 Å². The molecule has 0 aromatic heterocycles. The first-order valence-corrected chi connectivity index (χ1v) is 11.3. The molecule has 0 atom stereocenters. The van der Waals surface area contributed by atoms with Crippen molar-refractivity contribution < 1.29 is 18.7 Å². The van der Waals surface area contributed by atoms with E-state index in [0.717, 1.165) is 38.8 Å². The van der Waals surface area contributed by atoms with Gasteiger partial charge in [0.25, 0.3) is 5.91 Å². The quantitative estimate of drug-likeness (QED) is 0.729. The zero-order valence-corrected chi connectivity index (χ0v) is 18.0. The highest BCUT2D eigenvalue weighted by molar-refractivity contribution is 6.31. The Bertz CT molecular complexity index is 771. The van der Waals surface area contributed by atoms with Gasteiger partial charge in [0.1, 0.15) is 5.82 Å². The molecule has 3 aliphatic rings. The van der Waals surface area contributed by atoms with Gasteiger partial charge in [-0.05, 0) is 57.0 Å². The number of halogens is 2. The average molecular weight is 438 g/mol. The Labute approximate surface area is 181 Å². The predicted molar refractivity (Wildman–Crippen MR) is 112 cm³/mol. The van der Waals surface area contributed by atoms with Crippen LogP contribution in [0.15, 0.2) is 18.2 Å². The van der Waals surface area contributed by atoms with E-state index in [1.165, 1.54) is 18.2 Å². The first-order chi connectivity index (χ1) is 14.5. The van der Waals surface area contributed by atoms with Crippen LogP contribution in [-0.4, -0.2) is 85.0 Å². The maximum Gasteiger partial charge on any atom is 0.256 e. The molecule has 0 radical (unpaired) electrons. The number of hydrogen-bond donors (Lipinski definition) is 0. The minimum Gasteiger partial charge on any atom is -0.378 e. The van der Waals surface area contributed by atoms with E-state index >= 15 is 0 Å². The summed E-state index contributed by atoms with van der Waals surface area (Å²) in [6, 6.07) is 4.51. The number of nitrogens with zero attached hydrogens (tertiary/aromatic N) is 3. The molecule has 6 nitrogen and oxygen atoms in total. The first kappa shape index (κ1) is 21.5. The first-order valence-electron chi connectivity index (χ1n) is 10.9. The van der Waals surface area contributed by atoms with E-state index < -0.39 is 5.82 Å². The molecule has 0 N–H and O–H groups in total. The van der Waals surface area contributed by atoms with Crippen LogP contribution in [0.5, 0.6) is 0 Å². The Morgan fingerprint density at radius 1 is 0.933 bits per heavy atom. The number of amides is 2. The second-order valence-electron chi connectivity index (χ2n) is 8.40. The van der Waals surface area contributed by atoms with Crippen LogP contribution in [0.2, 0.25) is 5.02 Å². The minimum atomic E-state index is -0.529. The third-order valence-electron chi connectivity index (χ3n) is 6.63. The molecule has 0 unspecified atom stereocenters. The lowest BCUT2D eigenvalue weighted by molar-refractivity contribution is -0.141. The lowest BCUT2D eigenvalue weighted by Gasteiger charge is -2.42. The van der Waals surface area contributed by atoms with Crippen LogP contribution in [0, 0.1) is 11.7 Å². The third kappa shape index (κ3) is 4.79. The van der Waals surface area contributed by atoms with Crippen LogP contribution >= 0.6 is 11.6 Å². The van der Waals surface area contributed by atoms with Gasteiger partial charge in [-0.3, -0.25) is 9.59 Å². The summed E-state index contributed by atoms with van der Waals surface area (Å²) in [7, 11) is 0. The normalized spacial score (nSPS) is 22.3. The summed E-state index contributed by atoms with van der Waals surface area (Å²) in [4.78, 5) is 31.5. The number of carbonyl (C=O) groups is 2. The molecular formula is C22H29ClFN3O3. The van der Waals surface area contributed by atoms with Crippen molar-refractivity contribution in [1.82, 2.24) is 14.7 Å². The highest BCUT2D eigenvalue weighted by atomic mass is 35.5. The van der Waals surface area contributed by atoms with Gasteiger partial charge in [-0.1, -0.05) is 11.6 Å². The van der Waals surface area contributed by atoms with Crippen LogP contribution in [0.4, 0.5) is 4.39 Å². The fraction of sp³-hybridized carbons (Fsp3) is 0.636. The van der Waals surface area contributed by atoms with Crippen molar-refractivity contribution in [2.24, 2.45) is 5.92 Å². The van der Waals surface area contributed by atoms with Crippen molar-refractivity contribution in [3.8, 4) is 0 Å². The summed E-state index contributed by atoms with van der Waals surface area (Å²) < 4.78 is 19.4. The molecule has 3 saturated heterocycles.